The predicted molar refractivity (Wildman–Crippen MR) is 124 cm³/mol. The number of nitrogens with zero attached hydrogens (tertiary/aromatic N) is 3. The molecule has 30 heavy (non-hydrogen) atoms. The van der Waals surface area contributed by atoms with E-state index in [0.29, 0.717) is 22.6 Å². The number of fused-ring (bicyclic) bond motifs is 1. The third-order valence-electron chi connectivity index (χ3n) is 4.78. The van der Waals surface area contributed by atoms with Crippen LogP contribution in [0.2, 0.25) is 0 Å². The minimum atomic E-state index is -0.403. The molecule has 1 N–H and O–H groups in total. The lowest BCUT2D eigenvalue weighted by atomic mass is 10.2. The van der Waals surface area contributed by atoms with Crippen molar-refractivity contribution < 1.29 is 4.79 Å². The van der Waals surface area contributed by atoms with Crippen molar-refractivity contribution in [3.63, 3.8) is 0 Å². The quantitative estimate of drug-likeness (QED) is 0.440. The molecule has 0 spiro atoms. The first-order valence-corrected chi connectivity index (χ1v) is 10.9. The van der Waals surface area contributed by atoms with Crippen LogP contribution in [0, 0.1) is 6.92 Å². The van der Waals surface area contributed by atoms with Crippen LogP contribution in [-0.2, 0) is 11.3 Å². The number of amides is 1. The number of thioether (sulfide) groups is 1. The molecule has 3 rings (SSSR count). The van der Waals surface area contributed by atoms with Crippen LogP contribution in [0.1, 0.15) is 18.9 Å². The first-order valence-electron chi connectivity index (χ1n) is 10.0. The fourth-order valence-electron chi connectivity index (χ4n) is 3.07. The third kappa shape index (κ3) is 5.49. The molecule has 1 heterocycles. The maximum Gasteiger partial charge on any atom is 0.262 e. The first-order chi connectivity index (χ1) is 14.3. The highest BCUT2D eigenvalue weighted by molar-refractivity contribution is 8.00. The molecule has 2 aromatic carbocycles. The Bertz CT molecular complexity index is 1080. The molecule has 0 aliphatic heterocycles. The van der Waals surface area contributed by atoms with E-state index in [0.717, 1.165) is 24.2 Å². The molecule has 0 radical (unpaired) electrons. The monoisotopic (exact) mass is 424 g/mol. The van der Waals surface area contributed by atoms with Gasteiger partial charge in [-0.1, -0.05) is 41.6 Å². The maximum atomic E-state index is 13.1. The average molecular weight is 425 g/mol. The Morgan fingerprint density at radius 3 is 2.57 bits per heavy atom. The van der Waals surface area contributed by atoms with Gasteiger partial charge >= 0.3 is 0 Å². The lowest BCUT2D eigenvalue weighted by Gasteiger charge is -2.17. The molecule has 0 saturated carbocycles. The van der Waals surface area contributed by atoms with Gasteiger partial charge in [-0.05, 0) is 65.2 Å². The normalized spacial score (nSPS) is 12.3. The third-order valence-corrected chi connectivity index (χ3v) is 5.87. The fraction of sp³-hybridized carbons (Fsp3) is 0.348. The number of hydrogen-bond acceptors (Lipinski definition) is 5. The van der Waals surface area contributed by atoms with E-state index in [-0.39, 0.29) is 11.5 Å². The van der Waals surface area contributed by atoms with Crippen LogP contribution in [0.5, 0.6) is 0 Å². The van der Waals surface area contributed by atoms with Gasteiger partial charge in [0.25, 0.3) is 5.56 Å². The summed E-state index contributed by atoms with van der Waals surface area (Å²) in [6.45, 7) is 5.26. The molecule has 3 aromatic rings. The number of aryl methyl sites for hydroxylation is 1. The summed E-state index contributed by atoms with van der Waals surface area (Å²) in [6, 6.07) is 15.0. The molecule has 6 nitrogen and oxygen atoms in total. The fourth-order valence-corrected chi connectivity index (χ4v) is 4.01. The van der Waals surface area contributed by atoms with Crippen LogP contribution >= 0.6 is 11.8 Å². The van der Waals surface area contributed by atoms with Gasteiger partial charge in [-0.3, -0.25) is 14.2 Å². The highest BCUT2D eigenvalue weighted by Crippen LogP contribution is 2.24. The molecule has 0 saturated heterocycles. The molecule has 0 aliphatic rings. The predicted octanol–water partition coefficient (Wildman–Crippen LogP) is 3.78. The molecule has 158 valence electrons. The Balaban J connectivity index is 1.84. The van der Waals surface area contributed by atoms with Crippen molar-refractivity contribution in [1.82, 2.24) is 14.5 Å². The number of anilines is 1. The average Bonchev–Trinajstić information content (AvgIpc) is 2.71. The minimum absolute atomic E-state index is 0.0620. The molecule has 0 bridgehead atoms. The van der Waals surface area contributed by atoms with Gasteiger partial charge in [0.1, 0.15) is 0 Å². The van der Waals surface area contributed by atoms with Crippen molar-refractivity contribution in [2.24, 2.45) is 0 Å². The Kier molecular flexibility index (Phi) is 7.29. The van der Waals surface area contributed by atoms with Crippen LogP contribution in [0.3, 0.4) is 0 Å². The second-order valence-electron chi connectivity index (χ2n) is 7.64. The molecular weight excluding hydrogens is 396 g/mol. The number of rotatable bonds is 8. The summed E-state index contributed by atoms with van der Waals surface area (Å²) in [7, 11) is 4.02. The smallest absolute Gasteiger partial charge is 0.262 e. The number of nitrogens with one attached hydrogen (secondary N) is 1. The van der Waals surface area contributed by atoms with Gasteiger partial charge in [0.2, 0.25) is 5.91 Å². The van der Waals surface area contributed by atoms with Gasteiger partial charge in [0, 0.05) is 12.2 Å². The minimum Gasteiger partial charge on any atom is -0.325 e. The van der Waals surface area contributed by atoms with E-state index in [1.54, 1.807) is 10.6 Å². The lowest BCUT2D eigenvalue weighted by Crippen LogP contribution is -2.28. The summed E-state index contributed by atoms with van der Waals surface area (Å²) in [4.78, 5) is 32.6. The number of carbonyl (C=O) groups excluding carboxylic acids is 1. The molecule has 1 aromatic heterocycles. The summed E-state index contributed by atoms with van der Waals surface area (Å²) in [5, 5.41) is 3.71. The standard InChI is InChI=1S/C23H28N4O2S/c1-16-10-12-18(13-11-16)24-21(28)17(2)30-23-25-20-9-6-5-8-19(20)22(29)27(23)15-7-14-26(3)4/h5-6,8-13,17H,7,14-15H2,1-4H3,(H,24,28)/t17-/m0/s1. The van der Waals surface area contributed by atoms with Gasteiger partial charge in [0.15, 0.2) is 5.16 Å². The van der Waals surface area contributed by atoms with Crippen molar-refractivity contribution in [2.75, 3.05) is 26.0 Å². The van der Waals surface area contributed by atoms with Gasteiger partial charge in [-0.25, -0.2) is 4.98 Å². The van der Waals surface area contributed by atoms with Crippen LogP contribution in [0.4, 0.5) is 5.69 Å². The van der Waals surface area contributed by atoms with Crippen LogP contribution in [-0.4, -0.2) is 46.2 Å². The van der Waals surface area contributed by atoms with Crippen LogP contribution < -0.4 is 10.9 Å². The van der Waals surface area contributed by atoms with Gasteiger partial charge in [-0.15, -0.1) is 0 Å². The number of aromatic nitrogens is 2. The zero-order valence-corrected chi connectivity index (χ0v) is 18.7. The van der Waals surface area contributed by atoms with E-state index in [2.05, 4.69) is 10.2 Å². The molecular formula is C23H28N4O2S. The Morgan fingerprint density at radius 1 is 1.17 bits per heavy atom. The van der Waals surface area contributed by atoms with Crippen molar-refractivity contribution in [3.05, 3.63) is 64.4 Å². The molecule has 0 fully saturated rings. The Hall–Kier alpha value is -2.64. The topological polar surface area (TPSA) is 67.2 Å². The zero-order chi connectivity index (χ0) is 21.7. The molecule has 0 unspecified atom stereocenters. The van der Waals surface area contributed by atoms with Crippen molar-refractivity contribution >= 4 is 34.3 Å². The summed E-state index contributed by atoms with van der Waals surface area (Å²) in [6.07, 6.45) is 0.824. The maximum absolute atomic E-state index is 13.1. The number of benzene rings is 2. The van der Waals surface area contributed by atoms with Crippen molar-refractivity contribution in [1.29, 1.82) is 0 Å². The lowest BCUT2D eigenvalue weighted by molar-refractivity contribution is -0.115. The zero-order valence-electron chi connectivity index (χ0n) is 17.9. The summed E-state index contributed by atoms with van der Waals surface area (Å²) >= 11 is 1.31. The van der Waals surface area contributed by atoms with Crippen molar-refractivity contribution in [3.8, 4) is 0 Å². The van der Waals surface area contributed by atoms with Crippen LogP contribution in [0.25, 0.3) is 10.9 Å². The number of para-hydroxylation sites is 1. The van der Waals surface area contributed by atoms with Crippen molar-refractivity contribution in [2.45, 2.75) is 37.2 Å². The van der Waals surface area contributed by atoms with Gasteiger partial charge < -0.3 is 10.2 Å². The number of hydrogen-bond donors (Lipinski definition) is 1. The summed E-state index contributed by atoms with van der Waals surface area (Å²) in [5.74, 6) is -0.119. The van der Waals surface area contributed by atoms with Crippen LogP contribution in [0.15, 0.2) is 58.5 Å². The van der Waals surface area contributed by atoms with E-state index < -0.39 is 5.25 Å². The largest absolute Gasteiger partial charge is 0.325 e. The molecule has 7 heteroatoms. The van der Waals surface area contributed by atoms with Gasteiger partial charge in [-0.2, -0.15) is 0 Å². The van der Waals surface area contributed by atoms with E-state index in [1.165, 1.54) is 11.8 Å². The highest BCUT2D eigenvalue weighted by atomic mass is 32.2. The molecule has 0 aliphatic carbocycles. The molecule has 1 amide bonds. The van der Waals surface area contributed by atoms with E-state index >= 15 is 0 Å². The summed E-state index contributed by atoms with van der Waals surface area (Å²) < 4.78 is 1.70. The Labute approximate surface area is 181 Å². The second kappa shape index (κ2) is 9.91. The van der Waals surface area contributed by atoms with E-state index in [4.69, 9.17) is 4.98 Å². The van der Waals surface area contributed by atoms with E-state index in [1.807, 2.05) is 70.4 Å². The highest BCUT2D eigenvalue weighted by Gasteiger charge is 2.19. The SMILES string of the molecule is Cc1ccc(NC(=O)[C@H](C)Sc2nc3ccccc3c(=O)n2CCCN(C)C)cc1. The first kappa shape index (κ1) is 22.1. The molecule has 1 atom stereocenters. The Morgan fingerprint density at radius 2 is 1.87 bits per heavy atom. The van der Waals surface area contributed by atoms with Gasteiger partial charge in [0.05, 0.1) is 16.2 Å². The summed E-state index contributed by atoms with van der Waals surface area (Å²) in [5.41, 5.74) is 2.48. The number of carbonyl (C=O) groups is 1. The second-order valence-corrected chi connectivity index (χ2v) is 8.95. The van der Waals surface area contributed by atoms with E-state index in [9.17, 15) is 9.59 Å².